The second-order valence-corrected chi connectivity index (χ2v) is 1.61. The molecule has 0 aliphatic heterocycles. The molecule has 1 aromatic heterocycles. The molecule has 2 heteroatoms. The first kappa shape index (κ1) is 9.69. The van der Waals surface area contributed by atoms with E-state index < -0.39 is 0 Å². The molecular weight excluding hydrogens is 138 g/mol. The Hall–Kier alpha value is -1.31. The van der Waals surface area contributed by atoms with Crippen molar-refractivity contribution >= 4 is 6.08 Å². The van der Waals surface area contributed by atoms with Crippen molar-refractivity contribution in [3.8, 4) is 5.75 Å². The van der Waals surface area contributed by atoms with E-state index in [1.807, 2.05) is 13.8 Å². The summed E-state index contributed by atoms with van der Waals surface area (Å²) in [4.78, 5) is 3.83. The van der Waals surface area contributed by atoms with Crippen LogP contribution in [-0.2, 0) is 0 Å². The Labute approximate surface area is 67.2 Å². The van der Waals surface area contributed by atoms with Gasteiger partial charge in [-0.1, -0.05) is 20.4 Å². The van der Waals surface area contributed by atoms with Crippen molar-refractivity contribution < 1.29 is 5.11 Å². The predicted octanol–water partition coefficient (Wildman–Crippen LogP) is 2.46. The lowest BCUT2D eigenvalue weighted by Crippen LogP contribution is -1.77. The van der Waals surface area contributed by atoms with Gasteiger partial charge in [0, 0.05) is 6.20 Å². The maximum atomic E-state index is 8.98. The van der Waals surface area contributed by atoms with Crippen molar-refractivity contribution in [3.63, 3.8) is 0 Å². The highest BCUT2D eigenvalue weighted by molar-refractivity contribution is 5.49. The van der Waals surface area contributed by atoms with Gasteiger partial charge < -0.3 is 5.11 Å². The molecule has 0 radical (unpaired) electrons. The van der Waals surface area contributed by atoms with Gasteiger partial charge in [0.05, 0.1) is 0 Å². The molecule has 1 heterocycles. The molecule has 1 aromatic rings. The first-order valence-electron chi connectivity index (χ1n) is 3.61. The first-order valence-corrected chi connectivity index (χ1v) is 3.61. The van der Waals surface area contributed by atoms with E-state index in [9.17, 15) is 0 Å². The second-order valence-electron chi connectivity index (χ2n) is 1.61. The van der Waals surface area contributed by atoms with Crippen LogP contribution in [0, 0.1) is 0 Å². The van der Waals surface area contributed by atoms with Crippen LogP contribution in [0.25, 0.3) is 6.08 Å². The van der Waals surface area contributed by atoms with Crippen LogP contribution in [0.5, 0.6) is 5.75 Å². The zero-order valence-corrected chi connectivity index (χ0v) is 6.91. The van der Waals surface area contributed by atoms with E-state index in [-0.39, 0.29) is 5.75 Å². The fraction of sp³-hybridized carbons (Fsp3) is 0.222. The maximum absolute atomic E-state index is 8.98. The summed E-state index contributed by atoms with van der Waals surface area (Å²) < 4.78 is 0. The number of pyridine rings is 1. The second kappa shape index (κ2) is 5.47. The first-order chi connectivity index (χ1) is 5.34. The lowest BCUT2D eigenvalue weighted by atomic mass is 10.3. The molecule has 1 N–H and O–H groups in total. The van der Waals surface area contributed by atoms with Gasteiger partial charge in [0.2, 0.25) is 0 Å². The lowest BCUT2D eigenvalue weighted by molar-refractivity contribution is 0.471. The van der Waals surface area contributed by atoms with Gasteiger partial charge in [0.25, 0.3) is 0 Å². The van der Waals surface area contributed by atoms with Crippen LogP contribution in [-0.4, -0.2) is 10.1 Å². The maximum Gasteiger partial charge on any atom is 0.141 e. The van der Waals surface area contributed by atoms with Crippen LogP contribution < -0.4 is 0 Å². The fourth-order valence-corrected chi connectivity index (χ4v) is 0.566. The van der Waals surface area contributed by atoms with Crippen molar-refractivity contribution in [1.29, 1.82) is 0 Å². The highest BCUT2D eigenvalue weighted by atomic mass is 16.3. The third-order valence-electron chi connectivity index (χ3n) is 1.01. The molecule has 0 saturated carbocycles. The van der Waals surface area contributed by atoms with Crippen LogP contribution in [0.3, 0.4) is 0 Å². The Morgan fingerprint density at radius 1 is 1.55 bits per heavy atom. The number of aromatic hydroxyl groups is 1. The number of aromatic nitrogens is 1. The van der Waals surface area contributed by atoms with Crippen LogP contribution in [0.4, 0.5) is 0 Å². The van der Waals surface area contributed by atoms with Crippen LogP contribution in [0.1, 0.15) is 19.5 Å². The number of hydrogen-bond donors (Lipinski definition) is 1. The number of nitrogens with zero attached hydrogens (tertiary/aromatic N) is 1. The van der Waals surface area contributed by atoms with E-state index in [4.69, 9.17) is 5.11 Å². The van der Waals surface area contributed by atoms with E-state index >= 15 is 0 Å². The molecule has 0 aliphatic carbocycles. The molecule has 0 atom stereocenters. The SMILES string of the molecule is C=Cc1ncccc1O.CC. The number of hydrogen-bond acceptors (Lipinski definition) is 2. The molecule has 0 spiro atoms. The van der Waals surface area contributed by atoms with Crippen molar-refractivity contribution in [2.24, 2.45) is 0 Å². The molecule has 0 bridgehead atoms. The van der Waals surface area contributed by atoms with Gasteiger partial charge in [-0.25, -0.2) is 0 Å². The molecule has 0 saturated heterocycles. The molecule has 0 fully saturated rings. The highest BCUT2D eigenvalue weighted by Gasteiger charge is 1.91. The van der Waals surface area contributed by atoms with E-state index in [0.29, 0.717) is 5.69 Å². The summed E-state index contributed by atoms with van der Waals surface area (Å²) in [6.45, 7) is 7.47. The van der Waals surface area contributed by atoms with Crippen molar-refractivity contribution in [2.75, 3.05) is 0 Å². The largest absolute Gasteiger partial charge is 0.506 e. The predicted molar refractivity (Wildman–Crippen MR) is 47.3 cm³/mol. The fourth-order valence-electron chi connectivity index (χ4n) is 0.566. The topological polar surface area (TPSA) is 33.1 Å². The highest BCUT2D eigenvalue weighted by Crippen LogP contribution is 2.12. The van der Waals surface area contributed by atoms with Gasteiger partial charge in [-0.15, -0.1) is 0 Å². The monoisotopic (exact) mass is 151 g/mol. The lowest BCUT2D eigenvalue weighted by Gasteiger charge is -1.92. The summed E-state index contributed by atoms with van der Waals surface area (Å²) in [5.74, 6) is 0.174. The molecule has 0 aliphatic rings. The Morgan fingerprint density at radius 2 is 2.18 bits per heavy atom. The molecule has 0 amide bonds. The van der Waals surface area contributed by atoms with Crippen molar-refractivity contribution in [1.82, 2.24) is 4.98 Å². The molecular formula is C9H13NO. The van der Waals surface area contributed by atoms with Gasteiger partial charge in [-0.3, -0.25) is 4.98 Å². The molecule has 1 rings (SSSR count). The smallest absolute Gasteiger partial charge is 0.141 e. The molecule has 11 heavy (non-hydrogen) atoms. The van der Waals surface area contributed by atoms with Crippen LogP contribution >= 0.6 is 0 Å². The molecule has 0 unspecified atom stereocenters. The van der Waals surface area contributed by atoms with Crippen molar-refractivity contribution in [2.45, 2.75) is 13.8 Å². The van der Waals surface area contributed by atoms with Crippen molar-refractivity contribution in [3.05, 3.63) is 30.6 Å². The van der Waals surface area contributed by atoms with E-state index in [1.165, 1.54) is 6.08 Å². The molecule has 2 nitrogen and oxygen atoms in total. The summed E-state index contributed by atoms with van der Waals surface area (Å²) >= 11 is 0. The third-order valence-corrected chi connectivity index (χ3v) is 1.01. The Morgan fingerprint density at radius 3 is 2.55 bits per heavy atom. The average Bonchev–Trinajstić information content (AvgIpc) is 2.09. The van der Waals surface area contributed by atoms with E-state index in [2.05, 4.69) is 11.6 Å². The van der Waals surface area contributed by atoms with Gasteiger partial charge >= 0.3 is 0 Å². The molecule has 0 aromatic carbocycles. The van der Waals surface area contributed by atoms with E-state index in [1.54, 1.807) is 18.3 Å². The number of rotatable bonds is 1. The summed E-state index contributed by atoms with van der Waals surface area (Å²) in [5.41, 5.74) is 0.525. The Bertz CT molecular complexity index is 221. The Balaban J connectivity index is 0.000000461. The normalized spacial score (nSPS) is 7.82. The quantitative estimate of drug-likeness (QED) is 0.668. The summed E-state index contributed by atoms with van der Waals surface area (Å²) in [6, 6.07) is 3.24. The van der Waals surface area contributed by atoms with Gasteiger partial charge in [0.15, 0.2) is 0 Å². The Kier molecular flexibility index (Phi) is 4.82. The summed E-state index contributed by atoms with van der Waals surface area (Å²) in [7, 11) is 0. The third kappa shape index (κ3) is 2.85. The zero-order chi connectivity index (χ0) is 8.69. The minimum Gasteiger partial charge on any atom is -0.506 e. The molecule has 60 valence electrons. The minimum absolute atomic E-state index is 0.174. The van der Waals surface area contributed by atoms with Crippen LogP contribution in [0.15, 0.2) is 24.9 Å². The van der Waals surface area contributed by atoms with Gasteiger partial charge in [-0.05, 0) is 18.2 Å². The van der Waals surface area contributed by atoms with Gasteiger partial charge in [-0.2, -0.15) is 0 Å². The van der Waals surface area contributed by atoms with Gasteiger partial charge in [0.1, 0.15) is 11.4 Å². The standard InChI is InChI=1S/C7H7NO.C2H6/c1-2-6-7(9)4-3-5-8-6;1-2/h2-5,9H,1H2;1-2H3. The average molecular weight is 151 g/mol. The zero-order valence-electron chi connectivity index (χ0n) is 6.91. The van der Waals surface area contributed by atoms with Crippen LogP contribution in [0.2, 0.25) is 0 Å². The summed E-state index contributed by atoms with van der Waals surface area (Å²) in [6.07, 6.45) is 3.12. The minimum atomic E-state index is 0.174. The van der Waals surface area contributed by atoms with E-state index in [0.717, 1.165) is 0 Å². The summed E-state index contributed by atoms with van der Waals surface area (Å²) in [5, 5.41) is 8.98.